The maximum Gasteiger partial charge on any atom is 0.144 e. The fraction of sp³-hybridized carbons (Fsp3) is 0.733. The number of nitrogens with one attached hydrogen (secondary N) is 1. The Labute approximate surface area is 124 Å². The highest BCUT2D eigenvalue weighted by Gasteiger charge is 2.29. The smallest absolute Gasteiger partial charge is 0.144 e. The molecule has 3 nitrogen and oxygen atoms in total. The van der Waals surface area contributed by atoms with E-state index in [1.54, 1.807) is 0 Å². The highest BCUT2D eigenvalue weighted by atomic mass is 79.9. The molecule has 1 aromatic rings. The zero-order valence-electron chi connectivity index (χ0n) is 12.4. The summed E-state index contributed by atoms with van der Waals surface area (Å²) in [7, 11) is 0. The maximum absolute atomic E-state index is 4.73. The van der Waals surface area contributed by atoms with Gasteiger partial charge in [-0.1, -0.05) is 13.8 Å². The number of hydrogen-bond acceptors (Lipinski definition) is 3. The third-order valence-electron chi connectivity index (χ3n) is 4.08. The van der Waals surface area contributed by atoms with Crippen LogP contribution in [0.4, 0.5) is 5.82 Å². The van der Waals surface area contributed by atoms with Crippen molar-refractivity contribution in [2.24, 2.45) is 5.41 Å². The minimum Gasteiger partial charge on any atom is -0.369 e. The Bertz CT molecular complexity index is 447. The molecular weight excluding hydrogens is 302 g/mol. The molecule has 1 N–H and O–H groups in total. The first-order chi connectivity index (χ1) is 8.93. The van der Waals surface area contributed by atoms with Crippen LogP contribution in [-0.4, -0.2) is 16.5 Å². The molecule has 1 aromatic heterocycles. The predicted octanol–water partition coefficient (Wildman–Crippen LogP) is 4.66. The molecule has 0 radical (unpaired) electrons. The lowest BCUT2D eigenvalue weighted by Gasteiger charge is -2.33. The van der Waals surface area contributed by atoms with Crippen molar-refractivity contribution in [1.29, 1.82) is 0 Å². The van der Waals surface area contributed by atoms with Crippen LogP contribution in [0.5, 0.6) is 0 Å². The van der Waals surface area contributed by atoms with Crippen LogP contribution < -0.4 is 5.32 Å². The summed E-state index contributed by atoms with van der Waals surface area (Å²) < 4.78 is 0.995. The molecule has 1 aliphatic carbocycles. The first-order valence-corrected chi connectivity index (χ1v) is 8.00. The molecule has 0 unspecified atom stereocenters. The van der Waals surface area contributed by atoms with Gasteiger partial charge in [0.15, 0.2) is 0 Å². The van der Waals surface area contributed by atoms with Crippen LogP contribution in [0.3, 0.4) is 0 Å². The number of aromatic nitrogens is 2. The molecule has 19 heavy (non-hydrogen) atoms. The van der Waals surface area contributed by atoms with Crippen molar-refractivity contribution in [3.05, 3.63) is 16.0 Å². The Kier molecular flexibility index (Phi) is 4.49. The van der Waals surface area contributed by atoms with Crippen LogP contribution in [-0.2, 0) is 0 Å². The lowest BCUT2D eigenvalue weighted by molar-refractivity contribution is 0.220. The molecule has 0 amide bonds. The van der Waals surface area contributed by atoms with E-state index in [2.05, 4.69) is 47.0 Å². The molecule has 0 bridgehead atoms. The van der Waals surface area contributed by atoms with Gasteiger partial charge in [-0.05, 0) is 60.9 Å². The maximum atomic E-state index is 4.73. The van der Waals surface area contributed by atoms with Crippen molar-refractivity contribution in [2.75, 3.05) is 11.9 Å². The van der Waals surface area contributed by atoms with Gasteiger partial charge < -0.3 is 5.32 Å². The molecule has 4 heteroatoms. The third-order valence-corrected chi connectivity index (χ3v) is 5.03. The molecule has 0 saturated heterocycles. The summed E-state index contributed by atoms with van der Waals surface area (Å²) in [4.78, 5) is 9.41. The van der Waals surface area contributed by atoms with Crippen molar-refractivity contribution < 1.29 is 0 Å². The normalized spacial score (nSPS) is 19.4. The predicted molar refractivity (Wildman–Crippen MR) is 83.6 cm³/mol. The van der Waals surface area contributed by atoms with Gasteiger partial charge in [0.05, 0.1) is 10.2 Å². The van der Waals surface area contributed by atoms with Crippen LogP contribution in [0.1, 0.15) is 63.9 Å². The fourth-order valence-corrected chi connectivity index (χ4v) is 3.02. The van der Waals surface area contributed by atoms with Crippen molar-refractivity contribution in [2.45, 2.75) is 59.3 Å². The zero-order chi connectivity index (χ0) is 14.0. The van der Waals surface area contributed by atoms with E-state index in [1.165, 1.54) is 25.7 Å². The SMILES string of the molecule is CCNc1nc(C2CCC(C)(C)CC2)nc(C)c1Br. The van der Waals surface area contributed by atoms with Gasteiger partial charge in [0.25, 0.3) is 0 Å². The van der Waals surface area contributed by atoms with Gasteiger partial charge >= 0.3 is 0 Å². The Morgan fingerprint density at radius 1 is 1.26 bits per heavy atom. The Morgan fingerprint density at radius 2 is 1.89 bits per heavy atom. The molecule has 0 atom stereocenters. The first-order valence-electron chi connectivity index (χ1n) is 7.21. The molecule has 1 aliphatic rings. The lowest BCUT2D eigenvalue weighted by atomic mass is 9.73. The fourth-order valence-electron chi connectivity index (χ4n) is 2.71. The van der Waals surface area contributed by atoms with E-state index in [0.717, 1.165) is 28.4 Å². The quantitative estimate of drug-likeness (QED) is 0.877. The Hall–Kier alpha value is -0.640. The van der Waals surface area contributed by atoms with E-state index < -0.39 is 0 Å². The lowest BCUT2D eigenvalue weighted by Crippen LogP contribution is -2.22. The van der Waals surface area contributed by atoms with E-state index in [0.29, 0.717) is 11.3 Å². The van der Waals surface area contributed by atoms with Crippen LogP contribution in [0.15, 0.2) is 4.47 Å². The second-order valence-electron chi connectivity index (χ2n) is 6.30. The molecular formula is C15H24BrN3. The Morgan fingerprint density at radius 3 is 2.47 bits per heavy atom. The molecule has 106 valence electrons. The molecule has 1 saturated carbocycles. The van der Waals surface area contributed by atoms with Crippen molar-refractivity contribution in [1.82, 2.24) is 9.97 Å². The largest absolute Gasteiger partial charge is 0.369 e. The van der Waals surface area contributed by atoms with Gasteiger partial charge in [0.2, 0.25) is 0 Å². The summed E-state index contributed by atoms with van der Waals surface area (Å²) in [5.74, 6) is 2.49. The second kappa shape index (κ2) is 5.78. The van der Waals surface area contributed by atoms with Gasteiger partial charge in [0.1, 0.15) is 11.6 Å². The van der Waals surface area contributed by atoms with Crippen molar-refractivity contribution in [3.63, 3.8) is 0 Å². The molecule has 0 aromatic carbocycles. The first kappa shape index (κ1) is 14.8. The summed E-state index contributed by atoms with van der Waals surface area (Å²) in [6, 6.07) is 0. The van der Waals surface area contributed by atoms with Gasteiger partial charge in [-0.25, -0.2) is 9.97 Å². The molecule has 1 heterocycles. The number of hydrogen-bond donors (Lipinski definition) is 1. The monoisotopic (exact) mass is 325 g/mol. The second-order valence-corrected chi connectivity index (χ2v) is 7.09. The number of rotatable bonds is 3. The Balaban J connectivity index is 2.21. The minimum absolute atomic E-state index is 0.491. The molecule has 0 aliphatic heterocycles. The van der Waals surface area contributed by atoms with E-state index in [1.807, 2.05) is 6.92 Å². The topological polar surface area (TPSA) is 37.8 Å². The van der Waals surface area contributed by atoms with E-state index in [9.17, 15) is 0 Å². The number of halogens is 1. The van der Waals surface area contributed by atoms with Crippen LogP contribution in [0.2, 0.25) is 0 Å². The van der Waals surface area contributed by atoms with E-state index in [-0.39, 0.29) is 0 Å². The molecule has 2 rings (SSSR count). The van der Waals surface area contributed by atoms with Gasteiger partial charge in [-0.15, -0.1) is 0 Å². The van der Waals surface area contributed by atoms with Crippen LogP contribution in [0, 0.1) is 12.3 Å². The average molecular weight is 326 g/mol. The number of aryl methyl sites for hydroxylation is 1. The number of nitrogens with zero attached hydrogens (tertiary/aromatic N) is 2. The van der Waals surface area contributed by atoms with Gasteiger partial charge in [-0.2, -0.15) is 0 Å². The van der Waals surface area contributed by atoms with Crippen molar-refractivity contribution >= 4 is 21.7 Å². The molecule has 0 spiro atoms. The van der Waals surface area contributed by atoms with Crippen molar-refractivity contribution in [3.8, 4) is 0 Å². The molecule has 1 fully saturated rings. The summed E-state index contributed by atoms with van der Waals surface area (Å²) in [5, 5.41) is 3.31. The van der Waals surface area contributed by atoms with Gasteiger partial charge in [0, 0.05) is 12.5 Å². The summed E-state index contributed by atoms with van der Waals surface area (Å²) in [6.45, 7) is 9.74. The average Bonchev–Trinajstić information content (AvgIpc) is 2.35. The zero-order valence-corrected chi connectivity index (χ0v) is 14.0. The highest BCUT2D eigenvalue weighted by Crippen LogP contribution is 2.42. The third kappa shape index (κ3) is 3.47. The summed E-state index contributed by atoms with van der Waals surface area (Å²) in [6.07, 6.45) is 4.96. The summed E-state index contributed by atoms with van der Waals surface area (Å²) >= 11 is 3.57. The van der Waals surface area contributed by atoms with Crippen LogP contribution >= 0.6 is 15.9 Å². The van der Waals surface area contributed by atoms with Gasteiger partial charge in [-0.3, -0.25) is 0 Å². The van der Waals surface area contributed by atoms with E-state index in [4.69, 9.17) is 4.98 Å². The minimum atomic E-state index is 0.491. The van der Waals surface area contributed by atoms with Crippen LogP contribution in [0.25, 0.3) is 0 Å². The standard InChI is InChI=1S/C15H24BrN3/c1-5-17-14-12(16)10(2)18-13(19-14)11-6-8-15(3,4)9-7-11/h11H,5-9H2,1-4H3,(H,17,18,19). The number of anilines is 1. The van der Waals surface area contributed by atoms with E-state index >= 15 is 0 Å². The summed E-state index contributed by atoms with van der Waals surface area (Å²) in [5.41, 5.74) is 1.52. The highest BCUT2D eigenvalue weighted by molar-refractivity contribution is 9.10.